The highest BCUT2D eigenvalue weighted by molar-refractivity contribution is 5.74. The number of carbonyl (C=O) groups is 1. The maximum absolute atomic E-state index is 11.4. The van der Waals surface area contributed by atoms with Gasteiger partial charge in [0.15, 0.2) is 0 Å². The number of rotatable bonds is 3. The molecule has 1 N–H and O–H groups in total. The van der Waals surface area contributed by atoms with Crippen LogP contribution in [0.5, 0.6) is 0 Å². The van der Waals surface area contributed by atoms with E-state index in [1.807, 2.05) is 0 Å². The van der Waals surface area contributed by atoms with E-state index < -0.39 is 5.97 Å². The fourth-order valence-corrected chi connectivity index (χ4v) is 4.48. The molecule has 4 nitrogen and oxygen atoms in total. The van der Waals surface area contributed by atoms with Gasteiger partial charge in [-0.2, -0.15) is 0 Å². The summed E-state index contributed by atoms with van der Waals surface area (Å²) in [5.74, 6) is -0.405. The second-order valence-electron chi connectivity index (χ2n) is 7.07. The molecule has 4 heteroatoms. The first-order chi connectivity index (χ1) is 9.60. The predicted molar refractivity (Wildman–Crippen MR) is 76.7 cm³/mol. The Labute approximate surface area is 121 Å². The summed E-state index contributed by atoms with van der Waals surface area (Å²) in [7, 11) is 0. The van der Waals surface area contributed by atoms with Gasteiger partial charge in [-0.05, 0) is 44.6 Å². The second-order valence-corrected chi connectivity index (χ2v) is 7.07. The first-order valence-corrected chi connectivity index (χ1v) is 8.24. The minimum Gasteiger partial charge on any atom is -0.480 e. The lowest BCUT2D eigenvalue weighted by Crippen LogP contribution is -2.43. The van der Waals surface area contributed by atoms with E-state index in [1.54, 1.807) is 0 Å². The quantitative estimate of drug-likeness (QED) is 0.864. The molecule has 3 atom stereocenters. The Morgan fingerprint density at radius 2 is 2.00 bits per heavy atom. The topological polar surface area (TPSA) is 49.8 Å². The third-order valence-corrected chi connectivity index (χ3v) is 5.60. The van der Waals surface area contributed by atoms with Gasteiger partial charge < -0.3 is 9.84 Å². The number of ether oxygens (including phenoxy) is 1. The number of likely N-dealkylation sites (tertiary alicyclic amines) is 1. The lowest BCUT2D eigenvalue weighted by atomic mass is 9.83. The van der Waals surface area contributed by atoms with Gasteiger partial charge in [0.25, 0.3) is 0 Å². The first kappa shape index (κ1) is 14.3. The molecule has 3 aliphatic rings. The number of hydrogen-bond acceptors (Lipinski definition) is 3. The molecule has 0 amide bonds. The summed E-state index contributed by atoms with van der Waals surface area (Å²) >= 11 is 0. The first-order valence-electron chi connectivity index (χ1n) is 8.24. The van der Waals surface area contributed by atoms with Crippen LogP contribution in [-0.4, -0.2) is 46.8 Å². The zero-order chi connectivity index (χ0) is 14.2. The summed E-state index contributed by atoms with van der Waals surface area (Å²) < 4.78 is 6.38. The Morgan fingerprint density at radius 1 is 1.25 bits per heavy atom. The van der Waals surface area contributed by atoms with Crippen LogP contribution in [0, 0.1) is 5.92 Å². The van der Waals surface area contributed by atoms with Gasteiger partial charge in [-0.15, -0.1) is 0 Å². The highest BCUT2D eigenvalue weighted by atomic mass is 16.5. The number of hydrogen-bond donors (Lipinski definition) is 1. The maximum atomic E-state index is 11.4. The average molecular weight is 281 g/mol. The van der Waals surface area contributed by atoms with E-state index in [0.717, 1.165) is 25.9 Å². The smallest absolute Gasteiger partial charge is 0.321 e. The molecule has 1 saturated carbocycles. The maximum Gasteiger partial charge on any atom is 0.321 e. The molecule has 0 aromatic heterocycles. The highest BCUT2D eigenvalue weighted by Gasteiger charge is 2.43. The molecule has 0 radical (unpaired) electrons. The van der Waals surface area contributed by atoms with E-state index in [9.17, 15) is 9.90 Å². The largest absolute Gasteiger partial charge is 0.480 e. The standard InChI is InChI=1S/C16H27NO3/c1-12-6-10-17(14(12)15(18)19)11-13-5-9-16(20-13)7-3-2-4-8-16/h12-14H,2-11H2,1H3,(H,18,19). The molecule has 0 aromatic rings. The number of carboxylic acid groups (broad SMARTS) is 1. The van der Waals surface area contributed by atoms with Crippen molar-refractivity contribution in [2.45, 2.75) is 76.0 Å². The minimum absolute atomic E-state index is 0.146. The van der Waals surface area contributed by atoms with Crippen LogP contribution in [0.4, 0.5) is 0 Å². The van der Waals surface area contributed by atoms with Crippen LogP contribution in [0.3, 0.4) is 0 Å². The molecule has 1 spiro atoms. The van der Waals surface area contributed by atoms with Gasteiger partial charge in [0.1, 0.15) is 6.04 Å². The molecule has 1 aliphatic carbocycles. The SMILES string of the molecule is CC1CCN(CC2CCC3(CCCCC3)O2)C1C(=O)O. The Balaban J connectivity index is 1.57. The molecule has 2 aliphatic heterocycles. The monoisotopic (exact) mass is 281 g/mol. The zero-order valence-corrected chi connectivity index (χ0v) is 12.5. The van der Waals surface area contributed by atoms with Crippen molar-refractivity contribution in [2.75, 3.05) is 13.1 Å². The molecular weight excluding hydrogens is 254 g/mol. The lowest BCUT2D eigenvalue weighted by molar-refractivity contribution is -0.144. The normalized spacial score (nSPS) is 37.5. The predicted octanol–water partition coefficient (Wildman–Crippen LogP) is 2.66. The Morgan fingerprint density at radius 3 is 2.70 bits per heavy atom. The van der Waals surface area contributed by atoms with E-state index in [0.29, 0.717) is 0 Å². The van der Waals surface area contributed by atoms with E-state index in [1.165, 1.54) is 38.5 Å². The molecule has 0 aromatic carbocycles. The molecule has 2 heterocycles. The van der Waals surface area contributed by atoms with Crippen LogP contribution >= 0.6 is 0 Å². The van der Waals surface area contributed by atoms with E-state index in [-0.39, 0.29) is 23.7 Å². The third-order valence-electron chi connectivity index (χ3n) is 5.60. The Kier molecular flexibility index (Phi) is 4.04. The van der Waals surface area contributed by atoms with Crippen molar-refractivity contribution in [3.63, 3.8) is 0 Å². The second kappa shape index (κ2) is 5.64. The van der Waals surface area contributed by atoms with Gasteiger partial charge in [-0.1, -0.05) is 26.2 Å². The molecule has 114 valence electrons. The van der Waals surface area contributed by atoms with Crippen molar-refractivity contribution in [3.05, 3.63) is 0 Å². The molecule has 0 bridgehead atoms. The van der Waals surface area contributed by atoms with Crippen molar-refractivity contribution < 1.29 is 14.6 Å². The summed E-state index contributed by atoms with van der Waals surface area (Å²) in [6.07, 6.45) is 9.90. The van der Waals surface area contributed by atoms with Crippen molar-refractivity contribution in [3.8, 4) is 0 Å². The molecule has 3 unspecified atom stereocenters. The van der Waals surface area contributed by atoms with E-state index in [2.05, 4.69) is 11.8 Å². The number of aliphatic carboxylic acids is 1. The van der Waals surface area contributed by atoms with Crippen molar-refractivity contribution in [1.29, 1.82) is 0 Å². The fraction of sp³-hybridized carbons (Fsp3) is 0.938. The van der Waals surface area contributed by atoms with Crippen LogP contribution in [0.1, 0.15) is 58.3 Å². The minimum atomic E-state index is -0.666. The Bertz CT molecular complexity index is 365. The summed E-state index contributed by atoms with van der Waals surface area (Å²) in [6.45, 7) is 3.77. The summed E-state index contributed by atoms with van der Waals surface area (Å²) in [5.41, 5.74) is 0.146. The van der Waals surface area contributed by atoms with Crippen LogP contribution < -0.4 is 0 Å². The highest BCUT2D eigenvalue weighted by Crippen LogP contribution is 2.42. The molecule has 2 saturated heterocycles. The van der Waals surface area contributed by atoms with Gasteiger partial charge in [-0.25, -0.2) is 0 Å². The molecule has 20 heavy (non-hydrogen) atoms. The van der Waals surface area contributed by atoms with Gasteiger partial charge >= 0.3 is 5.97 Å². The van der Waals surface area contributed by atoms with Gasteiger partial charge in [0.05, 0.1) is 11.7 Å². The number of nitrogens with zero attached hydrogens (tertiary/aromatic N) is 1. The van der Waals surface area contributed by atoms with Crippen LogP contribution in [0.2, 0.25) is 0 Å². The van der Waals surface area contributed by atoms with Gasteiger partial charge in [0.2, 0.25) is 0 Å². The molecule has 3 rings (SSSR count). The van der Waals surface area contributed by atoms with Crippen LogP contribution in [-0.2, 0) is 9.53 Å². The average Bonchev–Trinajstić information content (AvgIpc) is 2.96. The van der Waals surface area contributed by atoms with Crippen LogP contribution in [0.15, 0.2) is 0 Å². The number of carboxylic acids is 1. The summed E-state index contributed by atoms with van der Waals surface area (Å²) in [6, 6.07) is -0.304. The Hall–Kier alpha value is -0.610. The van der Waals surface area contributed by atoms with E-state index >= 15 is 0 Å². The van der Waals surface area contributed by atoms with E-state index in [4.69, 9.17) is 4.74 Å². The van der Waals surface area contributed by atoms with Gasteiger partial charge in [-0.3, -0.25) is 9.69 Å². The van der Waals surface area contributed by atoms with Crippen molar-refractivity contribution in [2.24, 2.45) is 5.92 Å². The lowest BCUT2D eigenvalue weighted by Gasteiger charge is -2.34. The summed E-state index contributed by atoms with van der Waals surface area (Å²) in [5, 5.41) is 9.39. The zero-order valence-electron chi connectivity index (χ0n) is 12.5. The van der Waals surface area contributed by atoms with Crippen molar-refractivity contribution >= 4 is 5.97 Å². The fourth-order valence-electron chi connectivity index (χ4n) is 4.48. The summed E-state index contributed by atoms with van der Waals surface area (Å²) in [4.78, 5) is 13.5. The van der Waals surface area contributed by atoms with Crippen molar-refractivity contribution in [1.82, 2.24) is 4.90 Å². The third kappa shape index (κ3) is 2.73. The molecule has 3 fully saturated rings. The molecular formula is C16H27NO3. The van der Waals surface area contributed by atoms with Crippen LogP contribution in [0.25, 0.3) is 0 Å². The van der Waals surface area contributed by atoms with Gasteiger partial charge in [0, 0.05) is 6.54 Å².